The zero-order chi connectivity index (χ0) is 15.7. The van der Waals surface area contributed by atoms with Crippen LogP contribution in [0.2, 0.25) is 0 Å². The fraction of sp³-hybridized carbons (Fsp3) is 0.722. The second kappa shape index (κ2) is 5.96. The molecule has 1 aromatic rings. The summed E-state index contributed by atoms with van der Waals surface area (Å²) in [5.74, 6) is 0. The minimum absolute atomic E-state index is 0.131. The van der Waals surface area contributed by atoms with Crippen LogP contribution in [0.25, 0.3) is 0 Å². The van der Waals surface area contributed by atoms with Crippen molar-refractivity contribution in [3.8, 4) is 0 Å². The van der Waals surface area contributed by atoms with Crippen LogP contribution in [0.1, 0.15) is 58.7 Å². The molecule has 0 unspecified atom stereocenters. The topological polar surface area (TPSA) is 28.2 Å². The molecule has 21 heavy (non-hydrogen) atoms. The number of aromatic nitrogens is 1. The molecule has 1 N–H and O–H groups in total. The number of aryl methyl sites for hydroxylation is 1. The van der Waals surface area contributed by atoms with Gasteiger partial charge < -0.3 is 10.2 Å². The van der Waals surface area contributed by atoms with E-state index in [1.165, 1.54) is 24.1 Å². The normalized spacial score (nSPS) is 18.9. The number of hydrogen-bond donors (Lipinski definition) is 1. The second-order valence-corrected chi connectivity index (χ2v) is 8.21. The lowest BCUT2D eigenvalue weighted by atomic mass is 9.82. The number of pyridine rings is 1. The minimum atomic E-state index is 0.131. The van der Waals surface area contributed by atoms with Crippen molar-refractivity contribution < 1.29 is 0 Å². The fourth-order valence-corrected chi connectivity index (χ4v) is 2.72. The van der Waals surface area contributed by atoms with E-state index in [1.807, 2.05) is 6.20 Å². The molecule has 1 aliphatic heterocycles. The molecule has 0 aliphatic carbocycles. The lowest BCUT2D eigenvalue weighted by Gasteiger charge is -2.39. The lowest BCUT2D eigenvalue weighted by molar-refractivity contribution is 0.279. The Bertz CT molecular complexity index is 476. The monoisotopic (exact) mass is 289 g/mol. The molecule has 2 rings (SSSR count). The van der Waals surface area contributed by atoms with Gasteiger partial charge in [-0.05, 0) is 52.0 Å². The minimum Gasteiger partial charge on any atom is -0.371 e. The molecule has 3 nitrogen and oxygen atoms in total. The van der Waals surface area contributed by atoms with Gasteiger partial charge in [0.05, 0.1) is 0 Å². The summed E-state index contributed by atoms with van der Waals surface area (Å²) >= 11 is 0. The molecular formula is C18H31N3. The van der Waals surface area contributed by atoms with Crippen LogP contribution in [0.3, 0.4) is 0 Å². The number of anilines is 1. The van der Waals surface area contributed by atoms with Gasteiger partial charge in [-0.15, -0.1) is 0 Å². The van der Waals surface area contributed by atoms with Gasteiger partial charge in [0, 0.05) is 48.3 Å². The molecule has 0 saturated carbocycles. The van der Waals surface area contributed by atoms with Gasteiger partial charge in [0.1, 0.15) is 0 Å². The first-order chi connectivity index (χ1) is 9.66. The van der Waals surface area contributed by atoms with Gasteiger partial charge in [-0.25, -0.2) is 0 Å². The Morgan fingerprint density at radius 2 is 1.86 bits per heavy atom. The summed E-state index contributed by atoms with van der Waals surface area (Å²) in [5, 5.41) is 3.59. The smallest absolute Gasteiger partial charge is 0.0445 e. The predicted octanol–water partition coefficient (Wildman–Crippen LogP) is 3.90. The van der Waals surface area contributed by atoms with Crippen molar-refractivity contribution >= 4 is 5.69 Å². The highest BCUT2D eigenvalue weighted by Crippen LogP contribution is 2.33. The standard InChI is InChI=1S/C18H31N3/c1-14-11-16(21-9-7-18(5,6)8-10-21)15(12-19-14)13-20-17(2,3)4/h11-12,20H,7-10,13H2,1-6H3. The van der Waals surface area contributed by atoms with Crippen LogP contribution in [-0.2, 0) is 6.54 Å². The molecule has 1 aliphatic rings. The third-order valence-electron chi connectivity index (χ3n) is 4.37. The van der Waals surface area contributed by atoms with Crippen molar-refractivity contribution in [1.82, 2.24) is 10.3 Å². The van der Waals surface area contributed by atoms with Crippen LogP contribution in [0.15, 0.2) is 12.3 Å². The fourth-order valence-electron chi connectivity index (χ4n) is 2.72. The van der Waals surface area contributed by atoms with Gasteiger partial charge in [-0.2, -0.15) is 0 Å². The highest BCUT2D eigenvalue weighted by atomic mass is 15.1. The van der Waals surface area contributed by atoms with Gasteiger partial charge in [-0.3, -0.25) is 4.98 Å². The average molecular weight is 289 g/mol. The van der Waals surface area contributed by atoms with Crippen LogP contribution in [0, 0.1) is 12.3 Å². The second-order valence-electron chi connectivity index (χ2n) is 8.21. The summed E-state index contributed by atoms with van der Waals surface area (Å²) in [7, 11) is 0. The van der Waals surface area contributed by atoms with Crippen molar-refractivity contribution in [3.63, 3.8) is 0 Å². The van der Waals surface area contributed by atoms with Crippen molar-refractivity contribution in [1.29, 1.82) is 0 Å². The van der Waals surface area contributed by atoms with Crippen LogP contribution >= 0.6 is 0 Å². The largest absolute Gasteiger partial charge is 0.371 e. The predicted molar refractivity (Wildman–Crippen MR) is 90.8 cm³/mol. The highest BCUT2D eigenvalue weighted by molar-refractivity contribution is 5.54. The molecule has 0 atom stereocenters. The van der Waals surface area contributed by atoms with E-state index in [4.69, 9.17) is 0 Å². The molecular weight excluding hydrogens is 258 g/mol. The molecule has 0 aromatic carbocycles. The molecule has 0 bridgehead atoms. The van der Waals surface area contributed by atoms with Gasteiger partial charge in [-0.1, -0.05) is 13.8 Å². The van der Waals surface area contributed by atoms with Crippen LogP contribution in [0.5, 0.6) is 0 Å². The van der Waals surface area contributed by atoms with E-state index in [0.717, 1.165) is 25.3 Å². The zero-order valence-corrected chi connectivity index (χ0v) is 14.6. The summed E-state index contributed by atoms with van der Waals surface area (Å²) in [6.07, 6.45) is 4.57. The van der Waals surface area contributed by atoms with Gasteiger partial charge >= 0.3 is 0 Å². The third kappa shape index (κ3) is 4.70. The molecule has 0 spiro atoms. The first-order valence-corrected chi connectivity index (χ1v) is 8.12. The van der Waals surface area contributed by atoms with E-state index in [9.17, 15) is 0 Å². The first kappa shape index (κ1) is 16.3. The average Bonchev–Trinajstić information content (AvgIpc) is 2.36. The van der Waals surface area contributed by atoms with Crippen molar-refractivity contribution in [2.45, 2.75) is 66.5 Å². The number of rotatable bonds is 3. The number of hydrogen-bond acceptors (Lipinski definition) is 3. The Morgan fingerprint density at radius 3 is 2.43 bits per heavy atom. The molecule has 118 valence electrons. The Morgan fingerprint density at radius 1 is 1.24 bits per heavy atom. The van der Waals surface area contributed by atoms with Crippen LogP contribution in [-0.4, -0.2) is 23.6 Å². The maximum absolute atomic E-state index is 4.50. The number of nitrogens with one attached hydrogen (secondary N) is 1. The number of nitrogens with zero attached hydrogens (tertiary/aromatic N) is 2. The molecule has 0 radical (unpaired) electrons. The molecule has 0 amide bonds. The Kier molecular flexibility index (Phi) is 4.62. The highest BCUT2D eigenvalue weighted by Gasteiger charge is 2.26. The first-order valence-electron chi connectivity index (χ1n) is 8.12. The van der Waals surface area contributed by atoms with Gasteiger partial charge in [0.15, 0.2) is 0 Å². The van der Waals surface area contributed by atoms with E-state index in [1.54, 1.807) is 0 Å². The Hall–Kier alpha value is -1.09. The third-order valence-corrected chi connectivity index (χ3v) is 4.37. The van der Waals surface area contributed by atoms with Crippen LogP contribution < -0.4 is 10.2 Å². The summed E-state index contributed by atoms with van der Waals surface area (Å²) in [5.41, 5.74) is 4.41. The van der Waals surface area contributed by atoms with Crippen molar-refractivity contribution in [2.24, 2.45) is 5.41 Å². The van der Waals surface area contributed by atoms with E-state index >= 15 is 0 Å². The quantitative estimate of drug-likeness (QED) is 0.914. The Labute approximate surface area is 130 Å². The molecule has 2 heterocycles. The molecule has 1 aromatic heterocycles. The van der Waals surface area contributed by atoms with E-state index in [-0.39, 0.29) is 5.54 Å². The van der Waals surface area contributed by atoms with Crippen molar-refractivity contribution in [3.05, 3.63) is 23.5 Å². The zero-order valence-electron chi connectivity index (χ0n) is 14.6. The Balaban J connectivity index is 2.16. The summed E-state index contributed by atoms with van der Waals surface area (Å²) in [4.78, 5) is 7.04. The van der Waals surface area contributed by atoms with Crippen LogP contribution in [0.4, 0.5) is 5.69 Å². The van der Waals surface area contributed by atoms with Gasteiger partial charge in [0.2, 0.25) is 0 Å². The van der Waals surface area contributed by atoms with E-state index in [0.29, 0.717) is 5.41 Å². The molecule has 1 fully saturated rings. The SMILES string of the molecule is Cc1cc(N2CCC(C)(C)CC2)c(CNC(C)(C)C)cn1. The maximum Gasteiger partial charge on any atom is 0.0445 e. The summed E-state index contributed by atoms with van der Waals surface area (Å²) in [6, 6.07) is 2.25. The van der Waals surface area contributed by atoms with E-state index < -0.39 is 0 Å². The lowest BCUT2D eigenvalue weighted by Crippen LogP contribution is -2.39. The summed E-state index contributed by atoms with van der Waals surface area (Å²) < 4.78 is 0. The van der Waals surface area contributed by atoms with Gasteiger partial charge in [0.25, 0.3) is 0 Å². The summed E-state index contributed by atoms with van der Waals surface area (Å²) in [6.45, 7) is 16.6. The maximum atomic E-state index is 4.50. The molecule has 3 heteroatoms. The van der Waals surface area contributed by atoms with Crippen molar-refractivity contribution in [2.75, 3.05) is 18.0 Å². The van der Waals surface area contributed by atoms with E-state index in [2.05, 4.69) is 62.8 Å². The molecule has 1 saturated heterocycles. The number of piperidine rings is 1.